The van der Waals surface area contributed by atoms with Crippen LogP contribution in [0.1, 0.15) is 17.0 Å². The van der Waals surface area contributed by atoms with Gasteiger partial charge in [0.25, 0.3) is 5.78 Å². The van der Waals surface area contributed by atoms with Crippen LogP contribution >= 0.6 is 0 Å². The van der Waals surface area contributed by atoms with Crippen molar-refractivity contribution in [2.75, 3.05) is 6.61 Å². The minimum atomic E-state index is -0.592. The molecule has 0 saturated carbocycles. The van der Waals surface area contributed by atoms with Crippen LogP contribution in [0.15, 0.2) is 40.6 Å². The van der Waals surface area contributed by atoms with Gasteiger partial charge in [-0.15, -0.1) is 6.58 Å². The molecular weight excluding hydrogens is 208 g/mol. The van der Waals surface area contributed by atoms with Crippen molar-refractivity contribution < 1.29 is 14.0 Å². The molecule has 1 aromatic rings. The Morgan fingerprint density at radius 2 is 2.56 bits per heavy atom. The summed E-state index contributed by atoms with van der Waals surface area (Å²) >= 11 is 0. The van der Waals surface area contributed by atoms with Crippen molar-refractivity contribution in [2.24, 2.45) is 5.16 Å². The van der Waals surface area contributed by atoms with Crippen molar-refractivity contribution in [3.8, 4) is 6.07 Å². The first kappa shape index (κ1) is 11.7. The third-order valence-corrected chi connectivity index (χ3v) is 1.64. The molecule has 0 amide bonds. The molecule has 82 valence electrons. The molecule has 0 fully saturated rings. The minimum absolute atomic E-state index is 0.0626. The molecule has 0 aromatic carbocycles. The van der Waals surface area contributed by atoms with Crippen LogP contribution < -0.4 is 0 Å². The molecule has 0 N–H and O–H groups in total. The third kappa shape index (κ3) is 3.10. The first-order chi connectivity index (χ1) is 7.79. The molecule has 0 aliphatic rings. The van der Waals surface area contributed by atoms with E-state index in [2.05, 4.69) is 11.7 Å². The zero-order chi connectivity index (χ0) is 11.8. The fourth-order valence-electron chi connectivity index (χ4n) is 0.883. The van der Waals surface area contributed by atoms with Crippen molar-refractivity contribution in [1.29, 1.82) is 5.26 Å². The second kappa shape index (κ2) is 6.19. The lowest BCUT2D eigenvalue weighted by Gasteiger charge is -1.96. The number of rotatable bonds is 6. The molecule has 0 radical (unpaired) electrons. The van der Waals surface area contributed by atoms with Crippen LogP contribution in [-0.4, -0.2) is 18.1 Å². The van der Waals surface area contributed by atoms with Crippen molar-refractivity contribution in [3.05, 3.63) is 36.8 Å². The van der Waals surface area contributed by atoms with Gasteiger partial charge in [0.2, 0.25) is 5.71 Å². The summed E-state index contributed by atoms with van der Waals surface area (Å²) in [6, 6.07) is 4.67. The van der Waals surface area contributed by atoms with Crippen molar-refractivity contribution in [2.45, 2.75) is 6.42 Å². The molecule has 1 rings (SSSR count). The summed E-state index contributed by atoms with van der Waals surface area (Å²) in [5.41, 5.74) is -0.334. The summed E-state index contributed by atoms with van der Waals surface area (Å²) in [4.78, 5) is 16.3. The van der Waals surface area contributed by atoms with Crippen LogP contribution in [0.25, 0.3) is 0 Å². The first-order valence-electron chi connectivity index (χ1n) is 4.58. The molecule has 16 heavy (non-hydrogen) atoms. The number of hydrogen-bond donors (Lipinski definition) is 0. The number of carbonyl (C=O) groups is 1. The smallest absolute Gasteiger partial charge is 0.260 e. The number of Topliss-reactive ketones (excluding diaryl/α,β-unsaturated/α-hetero) is 1. The fraction of sp³-hybridized carbons (Fsp3) is 0.182. The van der Waals surface area contributed by atoms with Crippen molar-refractivity contribution in [1.82, 2.24) is 0 Å². The lowest BCUT2D eigenvalue weighted by Crippen LogP contribution is -2.12. The number of carbonyl (C=O) groups excluding carboxylic acids is 1. The Labute approximate surface area is 92.6 Å². The summed E-state index contributed by atoms with van der Waals surface area (Å²) in [6.45, 7) is 3.78. The molecule has 0 saturated heterocycles. The summed E-state index contributed by atoms with van der Waals surface area (Å²) in [5, 5.41) is 12.1. The molecule has 1 aromatic heterocycles. The molecule has 5 heteroatoms. The first-order valence-corrected chi connectivity index (χ1v) is 4.58. The van der Waals surface area contributed by atoms with Gasteiger partial charge in [0.15, 0.2) is 5.76 Å². The Hall–Kier alpha value is -2.35. The number of furan rings is 1. The number of oxime groups is 1. The quantitative estimate of drug-likeness (QED) is 0.240. The highest BCUT2D eigenvalue weighted by Crippen LogP contribution is 2.03. The largest absolute Gasteiger partial charge is 0.461 e. The van der Waals surface area contributed by atoms with E-state index in [-0.39, 0.29) is 18.1 Å². The normalized spacial score (nSPS) is 10.6. The lowest BCUT2D eigenvalue weighted by atomic mass is 10.2. The van der Waals surface area contributed by atoms with Gasteiger partial charge in [-0.1, -0.05) is 11.2 Å². The molecule has 0 aliphatic carbocycles. The monoisotopic (exact) mass is 218 g/mol. The van der Waals surface area contributed by atoms with E-state index < -0.39 is 5.78 Å². The standard InChI is InChI=1S/C11H10N2O3/c1-2-3-7-16-13-9(8-12)11(14)10-5-4-6-15-10/h2,4-6H,1,3,7H2/b13-9+. The third-order valence-electron chi connectivity index (χ3n) is 1.64. The van der Waals surface area contributed by atoms with Crippen molar-refractivity contribution in [3.63, 3.8) is 0 Å². The van der Waals surface area contributed by atoms with Crippen LogP contribution in [0, 0.1) is 11.3 Å². The fourth-order valence-corrected chi connectivity index (χ4v) is 0.883. The predicted octanol–water partition coefficient (Wildman–Crippen LogP) is 1.93. The number of nitriles is 1. The highest BCUT2D eigenvalue weighted by molar-refractivity contribution is 6.50. The average molecular weight is 218 g/mol. The molecule has 1 heterocycles. The Bertz CT molecular complexity index is 427. The SMILES string of the molecule is C=CCCO/N=C(\C#N)C(=O)c1ccco1. The van der Waals surface area contributed by atoms with Crippen LogP contribution in [-0.2, 0) is 4.84 Å². The Kier molecular flexibility index (Phi) is 4.54. The van der Waals surface area contributed by atoms with E-state index in [4.69, 9.17) is 14.5 Å². The Morgan fingerprint density at radius 3 is 3.12 bits per heavy atom. The Morgan fingerprint density at radius 1 is 1.75 bits per heavy atom. The maximum Gasteiger partial charge on any atom is 0.260 e. The van der Waals surface area contributed by atoms with Gasteiger partial charge in [0.1, 0.15) is 12.7 Å². The van der Waals surface area contributed by atoms with E-state index >= 15 is 0 Å². The molecular formula is C11H10N2O3. The zero-order valence-corrected chi connectivity index (χ0v) is 8.55. The van der Waals surface area contributed by atoms with E-state index in [1.807, 2.05) is 0 Å². The van der Waals surface area contributed by atoms with Gasteiger partial charge in [-0.3, -0.25) is 4.79 Å². The highest BCUT2D eigenvalue weighted by atomic mass is 16.6. The van der Waals surface area contributed by atoms with E-state index in [1.165, 1.54) is 12.3 Å². The van der Waals surface area contributed by atoms with E-state index in [9.17, 15) is 4.79 Å². The Balaban J connectivity index is 2.64. The number of hydrogen-bond acceptors (Lipinski definition) is 5. The predicted molar refractivity (Wildman–Crippen MR) is 56.9 cm³/mol. The van der Waals surface area contributed by atoms with Crippen LogP contribution in [0.4, 0.5) is 0 Å². The van der Waals surface area contributed by atoms with Crippen LogP contribution in [0.3, 0.4) is 0 Å². The molecule has 0 bridgehead atoms. The van der Waals surface area contributed by atoms with Crippen LogP contribution in [0.2, 0.25) is 0 Å². The van der Waals surface area contributed by atoms with Gasteiger partial charge in [-0.05, 0) is 12.1 Å². The summed E-state index contributed by atoms with van der Waals surface area (Å²) in [6.07, 6.45) is 3.59. The summed E-state index contributed by atoms with van der Waals surface area (Å²) < 4.78 is 4.85. The summed E-state index contributed by atoms with van der Waals surface area (Å²) in [7, 11) is 0. The van der Waals surface area contributed by atoms with Gasteiger partial charge in [-0.25, -0.2) is 0 Å². The number of nitrogens with zero attached hydrogens (tertiary/aromatic N) is 2. The molecule has 0 atom stereocenters. The number of ketones is 1. The van der Waals surface area contributed by atoms with Gasteiger partial charge in [0.05, 0.1) is 6.26 Å². The van der Waals surface area contributed by atoms with E-state index in [1.54, 1.807) is 18.2 Å². The maximum atomic E-state index is 11.6. The summed E-state index contributed by atoms with van der Waals surface area (Å²) in [5.74, 6) is -0.529. The second-order valence-electron chi connectivity index (χ2n) is 2.77. The van der Waals surface area contributed by atoms with E-state index in [0.717, 1.165) is 0 Å². The van der Waals surface area contributed by atoms with Crippen LogP contribution in [0.5, 0.6) is 0 Å². The molecule has 0 unspecified atom stereocenters. The second-order valence-corrected chi connectivity index (χ2v) is 2.77. The highest BCUT2D eigenvalue weighted by Gasteiger charge is 2.17. The molecule has 5 nitrogen and oxygen atoms in total. The lowest BCUT2D eigenvalue weighted by molar-refractivity contribution is 0.102. The maximum absolute atomic E-state index is 11.6. The zero-order valence-electron chi connectivity index (χ0n) is 8.55. The van der Waals surface area contributed by atoms with Crippen molar-refractivity contribution >= 4 is 11.5 Å². The average Bonchev–Trinajstić information content (AvgIpc) is 2.82. The van der Waals surface area contributed by atoms with Gasteiger partial charge < -0.3 is 9.25 Å². The minimum Gasteiger partial charge on any atom is -0.461 e. The van der Waals surface area contributed by atoms with Gasteiger partial charge in [-0.2, -0.15) is 5.26 Å². The molecule has 0 aliphatic heterocycles. The topological polar surface area (TPSA) is 75.6 Å². The molecule has 0 spiro atoms. The van der Waals surface area contributed by atoms with Gasteiger partial charge >= 0.3 is 0 Å². The van der Waals surface area contributed by atoms with Gasteiger partial charge in [0, 0.05) is 6.42 Å². The van der Waals surface area contributed by atoms with E-state index in [0.29, 0.717) is 6.42 Å².